The van der Waals surface area contributed by atoms with Crippen LogP contribution >= 0.6 is 11.6 Å². The first-order chi connectivity index (χ1) is 17.3. The van der Waals surface area contributed by atoms with E-state index in [1.54, 1.807) is 7.11 Å². The lowest BCUT2D eigenvalue weighted by atomic mass is 9.72. The van der Waals surface area contributed by atoms with Crippen LogP contribution in [-0.2, 0) is 15.1 Å². The Morgan fingerprint density at radius 1 is 1.17 bits per heavy atom. The average Bonchev–Trinajstić information content (AvgIpc) is 3.24. The van der Waals surface area contributed by atoms with Gasteiger partial charge >= 0.3 is 0 Å². The molecule has 4 N–H and O–H groups in total. The number of unbranched alkanes of at least 4 members (excludes halogenated alkanes) is 1. The van der Waals surface area contributed by atoms with Crippen molar-refractivity contribution in [1.29, 1.82) is 0 Å². The Labute approximate surface area is 219 Å². The van der Waals surface area contributed by atoms with E-state index >= 15 is 0 Å². The minimum absolute atomic E-state index is 0.0550. The molecule has 1 heterocycles. The zero-order chi connectivity index (χ0) is 25.7. The van der Waals surface area contributed by atoms with Crippen molar-refractivity contribution in [3.63, 3.8) is 0 Å². The summed E-state index contributed by atoms with van der Waals surface area (Å²) in [7, 11) is 1.69. The normalized spacial score (nSPS) is 26.1. The molecule has 1 saturated heterocycles. The maximum Gasteiger partial charge on any atom is 0.225 e. The number of ether oxygens (including phenoxy) is 1. The summed E-state index contributed by atoms with van der Waals surface area (Å²) in [5.41, 5.74) is 7.76. The van der Waals surface area contributed by atoms with Crippen LogP contribution in [0.1, 0.15) is 50.5 Å². The SMILES string of the molecule is COCCCCC(O)(c1ccccc1-c1ccc(Cl)cc1)C1CCCN(C(=O)C2CC(N)C(O)C2)C1. The van der Waals surface area contributed by atoms with Gasteiger partial charge in [-0.2, -0.15) is 0 Å². The second-order valence-corrected chi connectivity index (χ2v) is 10.9. The van der Waals surface area contributed by atoms with Gasteiger partial charge in [0.05, 0.1) is 11.7 Å². The van der Waals surface area contributed by atoms with Crippen molar-refractivity contribution >= 4 is 17.5 Å². The fraction of sp³-hybridized carbons (Fsp3) is 0.552. The number of benzene rings is 2. The van der Waals surface area contributed by atoms with Crippen LogP contribution < -0.4 is 5.73 Å². The lowest BCUT2D eigenvalue weighted by Gasteiger charge is -2.44. The van der Waals surface area contributed by atoms with Crippen molar-refractivity contribution in [3.05, 3.63) is 59.1 Å². The van der Waals surface area contributed by atoms with Crippen LogP contribution in [0.25, 0.3) is 11.1 Å². The molecule has 0 aromatic heterocycles. The highest BCUT2D eigenvalue weighted by Crippen LogP contribution is 2.44. The first-order valence-corrected chi connectivity index (χ1v) is 13.5. The van der Waals surface area contributed by atoms with Gasteiger partial charge in [0.25, 0.3) is 0 Å². The Morgan fingerprint density at radius 3 is 2.61 bits per heavy atom. The van der Waals surface area contributed by atoms with Crippen LogP contribution in [0, 0.1) is 11.8 Å². The molecule has 7 heteroatoms. The average molecular weight is 515 g/mol. The topological polar surface area (TPSA) is 96.0 Å². The van der Waals surface area contributed by atoms with E-state index in [-0.39, 0.29) is 23.8 Å². The second-order valence-electron chi connectivity index (χ2n) is 10.4. The van der Waals surface area contributed by atoms with Gasteiger partial charge in [0.15, 0.2) is 0 Å². The molecule has 4 rings (SSSR count). The van der Waals surface area contributed by atoms with Gasteiger partial charge in [0.1, 0.15) is 0 Å². The third-order valence-electron chi connectivity index (χ3n) is 8.04. The Morgan fingerprint density at radius 2 is 1.92 bits per heavy atom. The van der Waals surface area contributed by atoms with Crippen LogP contribution in [0.3, 0.4) is 0 Å². The maximum atomic E-state index is 13.4. The predicted molar refractivity (Wildman–Crippen MR) is 143 cm³/mol. The molecular weight excluding hydrogens is 476 g/mol. The van der Waals surface area contributed by atoms with Gasteiger partial charge in [-0.3, -0.25) is 4.79 Å². The molecule has 0 radical (unpaired) electrons. The highest BCUT2D eigenvalue weighted by molar-refractivity contribution is 6.30. The number of halogens is 1. The number of likely N-dealkylation sites (tertiary alicyclic amines) is 1. The van der Waals surface area contributed by atoms with Crippen LogP contribution in [0.15, 0.2) is 48.5 Å². The number of hydrogen-bond acceptors (Lipinski definition) is 5. The zero-order valence-electron chi connectivity index (χ0n) is 21.1. The molecule has 1 amide bonds. The monoisotopic (exact) mass is 514 g/mol. The van der Waals surface area contributed by atoms with Crippen molar-refractivity contribution in [3.8, 4) is 11.1 Å². The van der Waals surface area contributed by atoms with Gasteiger partial charge in [-0.15, -0.1) is 0 Å². The lowest BCUT2D eigenvalue weighted by molar-refractivity contribution is -0.141. The van der Waals surface area contributed by atoms with Gasteiger partial charge in [0.2, 0.25) is 5.91 Å². The molecule has 196 valence electrons. The molecular formula is C29H39ClN2O4. The first kappa shape index (κ1) is 27.1. The number of carbonyl (C=O) groups is 1. The van der Waals surface area contributed by atoms with E-state index in [0.29, 0.717) is 44.0 Å². The molecule has 1 aliphatic heterocycles. The Hall–Kier alpha value is -1.96. The minimum atomic E-state index is -1.10. The highest BCUT2D eigenvalue weighted by atomic mass is 35.5. The summed E-state index contributed by atoms with van der Waals surface area (Å²) < 4.78 is 5.26. The number of piperidine rings is 1. The molecule has 0 spiro atoms. The number of nitrogens with zero attached hydrogens (tertiary/aromatic N) is 1. The zero-order valence-corrected chi connectivity index (χ0v) is 21.9. The van der Waals surface area contributed by atoms with E-state index in [9.17, 15) is 15.0 Å². The largest absolute Gasteiger partial charge is 0.391 e. The molecule has 0 bridgehead atoms. The quantitative estimate of drug-likeness (QED) is 0.432. The molecule has 5 atom stereocenters. The summed E-state index contributed by atoms with van der Waals surface area (Å²) >= 11 is 6.14. The van der Waals surface area contributed by atoms with Gasteiger partial charge in [-0.1, -0.05) is 48.0 Å². The van der Waals surface area contributed by atoms with Gasteiger partial charge in [-0.25, -0.2) is 0 Å². The molecule has 2 aromatic carbocycles. The standard InChI is InChI=1S/C29H39ClN2O4/c1-36-16-5-4-14-29(35,25-9-3-2-8-24(25)20-10-12-23(30)13-11-20)22-7-6-15-32(19-22)28(34)21-17-26(31)27(33)18-21/h2-3,8-13,21-22,26-27,33,35H,4-7,14-19,31H2,1H3. The second kappa shape index (κ2) is 12.1. The third-order valence-corrected chi connectivity index (χ3v) is 8.29. The molecule has 36 heavy (non-hydrogen) atoms. The van der Waals surface area contributed by atoms with Crippen molar-refractivity contribution < 1.29 is 19.7 Å². The van der Waals surface area contributed by atoms with E-state index in [4.69, 9.17) is 22.1 Å². The summed E-state index contributed by atoms with van der Waals surface area (Å²) in [6.45, 7) is 1.82. The number of methoxy groups -OCH3 is 1. The first-order valence-electron chi connectivity index (χ1n) is 13.1. The van der Waals surface area contributed by atoms with Crippen LogP contribution in [0.5, 0.6) is 0 Å². The number of aliphatic hydroxyl groups is 2. The number of hydrogen-bond donors (Lipinski definition) is 3. The minimum Gasteiger partial charge on any atom is -0.391 e. The van der Waals surface area contributed by atoms with Crippen LogP contribution in [0.4, 0.5) is 0 Å². The van der Waals surface area contributed by atoms with Crippen molar-refractivity contribution in [2.45, 2.75) is 62.7 Å². The highest BCUT2D eigenvalue weighted by Gasteiger charge is 2.44. The fourth-order valence-corrected chi connectivity index (χ4v) is 6.14. The Bertz CT molecular complexity index is 1010. The summed E-state index contributed by atoms with van der Waals surface area (Å²) in [6, 6.07) is 15.4. The molecule has 2 aliphatic rings. The van der Waals surface area contributed by atoms with E-state index in [1.165, 1.54) is 0 Å². The Balaban J connectivity index is 1.63. The smallest absolute Gasteiger partial charge is 0.225 e. The maximum absolute atomic E-state index is 13.4. The summed E-state index contributed by atoms with van der Waals surface area (Å²) in [5, 5.41) is 23.2. The van der Waals surface area contributed by atoms with E-state index in [0.717, 1.165) is 42.4 Å². The van der Waals surface area contributed by atoms with Crippen LogP contribution in [0.2, 0.25) is 5.02 Å². The summed E-state index contributed by atoms with van der Waals surface area (Å²) in [6.07, 6.45) is 4.24. The van der Waals surface area contributed by atoms with Crippen molar-refractivity contribution in [1.82, 2.24) is 4.90 Å². The number of amides is 1. The predicted octanol–water partition coefficient (Wildman–Crippen LogP) is 4.35. The molecule has 5 unspecified atom stereocenters. The van der Waals surface area contributed by atoms with E-state index < -0.39 is 11.7 Å². The van der Waals surface area contributed by atoms with E-state index in [1.807, 2.05) is 53.4 Å². The van der Waals surface area contributed by atoms with Gasteiger partial charge in [-0.05, 0) is 73.8 Å². The van der Waals surface area contributed by atoms with Crippen LogP contribution in [-0.4, -0.2) is 60.0 Å². The third kappa shape index (κ3) is 5.95. The lowest BCUT2D eigenvalue weighted by Crippen LogP contribution is -2.49. The molecule has 2 aromatic rings. The van der Waals surface area contributed by atoms with Gasteiger partial charge in [0, 0.05) is 49.7 Å². The van der Waals surface area contributed by atoms with Crippen molar-refractivity contribution in [2.24, 2.45) is 17.6 Å². The number of aliphatic hydroxyl groups excluding tert-OH is 1. The summed E-state index contributed by atoms with van der Waals surface area (Å²) in [5.74, 6) is -0.296. The number of rotatable bonds is 9. The Kier molecular flexibility index (Phi) is 9.07. The van der Waals surface area contributed by atoms with E-state index in [2.05, 4.69) is 0 Å². The molecule has 6 nitrogen and oxygen atoms in total. The molecule has 1 aliphatic carbocycles. The summed E-state index contributed by atoms with van der Waals surface area (Å²) in [4.78, 5) is 15.3. The molecule has 2 fully saturated rings. The number of carbonyl (C=O) groups excluding carboxylic acids is 1. The fourth-order valence-electron chi connectivity index (χ4n) is 6.02. The number of nitrogens with two attached hydrogens (primary N) is 1. The van der Waals surface area contributed by atoms with Crippen molar-refractivity contribution in [2.75, 3.05) is 26.8 Å². The van der Waals surface area contributed by atoms with Gasteiger partial charge < -0.3 is 25.6 Å². The molecule has 1 saturated carbocycles.